The van der Waals surface area contributed by atoms with Gasteiger partial charge in [-0.15, -0.1) is 0 Å². The van der Waals surface area contributed by atoms with Gasteiger partial charge in [0.2, 0.25) is 5.91 Å². The second-order valence-corrected chi connectivity index (χ2v) is 5.97. The van der Waals surface area contributed by atoms with Gasteiger partial charge >= 0.3 is 0 Å². The van der Waals surface area contributed by atoms with Gasteiger partial charge in [0.1, 0.15) is 11.8 Å². The van der Waals surface area contributed by atoms with Crippen LogP contribution in [0.4, 0.5) is 0 Å². The van der Waals surface area contributed by atoms with Crippen molar-refractivity contribution in [3.63, 3.8) is 0 Å². The van der Waals surface area contributed by atoms with Crippen LogP contribution in [0.5, 0.6) is 5.75 Å². The standard InChI is InChI=1S/C14H18BrN3O3/c1-17(2)14(21)11-8-16-5-6-18(11)13(20)9-3-4-10(15)12(19)7-9/h3-4,7,11,16,19H,5-6,8H2,1-2H3. The molecule has 1 atom stereocenters. The summed E-state index contributed by atoms with van der Waals surface area (Å²) in [5.74, 6) is -0.358. The van der Waals surface area contributed by atoms with Crippen molar-refractivity contribution in [1.82, 2.24) is 15.1 Å². The molecule has 1 saturated heterocycles. The third-order valence-corrected chi connectivity index (χ3v) is 4.09. The third kappa shape index (κ3) is 3.36. The predicted molar refractivity (Wildman–Crippen MR) is 82.2 cm³/mol. The topological polar surface area (TPSA) is 72.9 Å². The Bertz CT molecular complexity index is 562. The molecule has 114 valence electrons. The van der Waals surface area contributed by atoms with E-state index in [-0.39, 0.29) is 17.6 Å². The second-order valence-electron chi connectivity index (χ2n) is 5.12. The van der Waals surface area contributed by atoms with Gasteiger partial charge < -0.3 is 20.2 Å². The monoisotopic (exact) mass is 355 g/mol. The highest BCUT2D eigenvalue weighted by atomic mass is 79.9. The van der Waals surface area contributed by atoms with Crippen LogP contribution in [-0.4, -0.2) is 66.5 Å². The van der Waals surface area contributed by atoms with E-state index in [2.05, 4.69) is 21.2 Å². The molecule has 1 aliphatic heterocycles. The number of piperazine rings is 1. The van der Waals surface area contributed by atoms with Gasteiger partial charge in [-0.3, -0.25) is 9.59 Å². The fourth-order valence-corrected chi connectivity index (χ4v) is 2.52. The van der Waals surface area contributed by atoms with Gasteiger partial charge in [0.05, 0.1) is 4.47 Å². The molecule has 2 amide bonds. The summed E-state index contributed by atoms with van der Waals surface area (Å²) in [5, 5.41) is 12.8. The number of phenols is 1. The molecule has 7 heteroatoms. The van der Waals surface area contributed by atoms with Crippen molar-refractivity contribution >= 4 is 27.7 Å². The Labute approximate surface area is 131 Å². The SMILES string of the molecule is CN(C)C(=O)C1CNCCN1C(=O)c1ccc(Br)c(O)c1. The number of carbonyl (C=O) groups is 2. The van der Waals surface area contributed by atoms with Gasteiger partial charge in [0.25, 0.3) is 5.91 Å². The molecule has 1 fully saturated rings. The minimum Gasteiger partial charge on any atom is -0.507 e. The molecule has 2 N–H and O–H groups in total. The first kappa shape index (κ1) is 15.8. The number of likely N-dealkylation sites (N-methyl/N-ethyl adjacent to an activating group) is 1. The van der Waals surface area contributed by atoms with E-state index in [0.29, 0.717) is 29.7 Å². The van der Waals surface area contributed by atoms with E-state index in [1.807, 2.05) is 0 Å². The lowest BCUT2D eigenvalue weighted by Gasteiger charge is -2.36. The van der Waals surface area contributed by atoms with Crippen LogP contribution in [0.3, 0.4) is 0 Å². The van der Waals surface area contributed by atoms with Gasteiger partial charge in [0.15, 0.2) is 0 Å². The lowest BCUT2D eigenvalue weighted by Crippen LogP contribution is -2.59. The van der Waals surface area contributed by atoms with Crippen molar-refractivity contribution in [3.05, 3.63) is 28.2 Å². The predicted octanol–water partition coefficient (Wildman–Crippen LogP) is 0.657. The Morgan fingerprint density at radius 2 is 2.14 bits per heavy atom. The Kier molecular flexibility index (Phi) is 4.84. The van der Waals surface area contributed by atoms with Crippen LogP contribution < -0.4 is 5.32 Å². The molecule has 0 aromatic heterocycles. The van der Waals surface area contributed by atoms with Crippen LogP contribution in [-0.2, 0) is 4.79 Å². The van der Waals surface area contributed by atoms with E-state index < -0.39 is 6.04 Å². The highest BCUT2D eigenvalue weighted by Gasteiger charge is 2.33. The fraction of sp³-hybridized carbons (Fsp3) is 0.429. The number of carbonyl (C=O) groups excluding carboxylic acids is 2. The third-order valence-electron chi connectivity index (χ3n) is 3.42. The molecule has 0 bridgehead atoms. The Balaban J connectivity index is 2.26. The van der Waals surface area contributed by atoms with Crippen molar-refractivity contribution in [2.45, 2.75) is 6.04 Å². The number of amides is 2. The number of hydrogen-bond donors (Lipinski definition) is 2. The molecule has 21 heavy (non-hydrogen) atoms. The summed E-state index contributed by atoms with van der Waals surface area (Å²) >= 11 is 3.18. The molecular weight excluding hydrogens is 338 g/mol. The number of hydrogen-bond acceptors (Lipinski definition) is 4. The van der Waals surface area contributed by atoms with Crippen LogP contribution in [0.15, 0.2) is 22.7 Å². The Morgan fingerprint density at radius 3 is 2.76 bits per heavy atom. The summed E-state index contributed by atoms with van der Waals surface area (Å²) in [5.41, 5.74) is 0.370. The van der Waals surface area contributed by atoms with E-state index in [1.54, 1.807) is 31.1 Å². The molecule has 0 spiro atoms. The van der Waals surface area contributed by atoms with Crippen LogP contribution in [0.2, 0.25) is 0 Å². The normalized spacial score (nSPS) is 18.4. The summed E-state index contributed by atoms with van der Waals surface area (Å²) in [6, 6.07) is 4.14. The molecule has 0 radical (unpaired) electrons. The highest BCUT2D eigenvalue weighted by molar-refractivity contribution is 9.10. The van der Waals surface area contributed by atoms with Gasteiger partial charge in [-0.2, -0.15) is 0 Å². The molecule has 1 heterocycles. The summed E-state index contributed by atoms with van der Waals surface area (Å²) < 4.78 is 0.528. The first-order valence-corrected chi connectivity index (χ1v) is 7.42. The molecule has 1 aromatic rings. The zero-order valence-electron chi connectivity index (χ0n) is 12.0. The van der Waals surface area contributed by atoms with Gasteiger partial charge in [0, 0.05) is 39.3 Å². The maximum atomic E-state index is 12.6. The zero-order valence-corrected chi connectivity index (χ0v) is 13.6. The van der Waals surface area contributed by atoms with Crippen LogP contribution in [0, 0.1) is 0 Å². The minimum absolute atomic E-state index is 0.00599. The number of phenolic OH excluding ortho intramolecular Hbond substituents is 1. The smallest absolute Gasteiger partial charge is 0.254 e. The van der Waals surface area contributed by atoms with Crippen molar-refractivity contribution in [2.24, 2.45) is 0 Å². The van der Waals surface area contributed by atoms with Gasteiger partial charge in [-0.1, -0.05) is 0 Å². The fourth-order valence-electron chi connectivity index (χ4n) is 2.28. The van der Waals surface area contributed by atoms with E-state index in [9.17, 15) is 14.7 Å². The highest BCUT2D eigenvalue weighted by Crippen LogP contribution is 2.25. The molecule has 6 nitrogen and oxygen atoms in total. The van der Waals surface area contributed by atoms with Crippen molar-refractivity contribution in [2.75, 3.05) is 33.7 Å². The Morgan fingerprint density at radius 1 is 1.43 bits per heavy atom. The van der Waals surface area contributed by atoms with Crippen LogP contribution >= 0.6 is 15.9 Å². The maximum Gasteiger partial charge on any atom is 0.254 e. The molecule has 2 rings (SSSR count). The summed E-state index contributed by atoms with van der Waals surface area (Å²) in [6.45, 7) is 1.54. The molecule has 1 aliphatic rings. The number of aromatic hydroxyl groups is 1. The molecule has 1 unspecified atom stereocenters. The molecule has 1 aromatic carbocycles. The molecular formula is C14H18BrN3O3. The van der Waals surface area contributed by atoms with Crippen LogP contribution in [0.1, 0.15) is 10.4 Å². The van der Waals surface area contributed by atoms with E-state index in [4.69, 9.17) is 0 Å². The lowest BCUT2D eigenvalue weighted by atomic mass is 10.1. The van der Waals surface area contributed by atoms with Crippen molar-refractivity contribution in [1.29, 1.82) is 0 Å². The second kappa shape index (κ2) is 6.44. The Hall–Kier alpha value is -1.60. The number of nitrogens with zero attached hydrogens (tertiary/aromatic N) is 2. The molecule has 0 aliphatic carbocycles. The van der Waals surface area contributed by atoms with E-state index in [0.717, 1.165) is 0 Å². The number of rotatable bonds is 2. The van der Waals surface area contributed by atoms with E-state index >= 15 is 0 Å². The average Bonchev–Trinajstić information content (AvgIpc) is 2.48. The average molecular weight is 356 g/mol. The maximum absolute atomic E-state index is 12.6. The first-order chi connectivity index (χ1) is 9.91. The van der Waals surface area contributed by atoms with E-state index in [1.165, 1.54) is 11.0 Å². The first-order valence-electron chi connectivity index (χ1n) is 6.63. The quantitative estimate of drug-likeness (QED) is 0.817. The largest absolute Gasteiger partial charge is 0.507 e. The number of nitrogens with one attached hydrogen (secondary N) is 1. The summed E-state index contributed by atoms with van der Waals surface area (Å²) in [7, 11) is 3.34. The zero-order chi connectivity index (χ0) is 15.6. The number of benzene rings is 1. The summed E-state index contributed by atoms with van der Waals surface area (Å²) in [4.78, 5) is 27.8. The van der Waals surface area contributed by atoms with Gasteiger partial charge in [-0.25, -0.2) is 0 Å². The minimum atomic E-state index is -0.521. The van der Waals surface area contributed by atoms with Crippen molar-refractivity contribution < 1.29 is 14.7 Å². The lowest BCUT2D eigenvalue weighted by molar-refractivity contribution is -0.134. The van der Waals surface area contributed by atoms with Crippen LogP contribution in [0.25, 0.3) is 0 Å². The van der Waals surface area contributed by atoms with Crippen molar-refractivity contribution in [3.8, 4) is 5.75 Å². The number of halogens is 1. The summed E-state index contributed by atoms with van der Waals surface area (Å²) in [6.07, 6.45) is 0. The van der Waals surface area contributed by atoms with Gasteiger partial charge in [-0.05, 0) is 34.1 Å². The molecule has 0 saturated carbocycles.